The zero-order valence-electron chi connectivity index (χ0n) is 15.5. The van der Waals surface area contributed by atoms with Crippen molar-refractivity contribution in [1.82, 2.24) is 0 Å². The fourth-order valence-electron chi connectivity index (χ4n) is 4.68. The summed E-state index contributed by atoms with van der Waals surface area (Å²) in [7, 11) is 4.63. The summed E-state index contributed by atoms with van der Waals surface area (Å²) in [5.41, 5.74) is 2.88. The Kier molecular flexibility index (Phi) is 4.45. The molecule has 2 aliphatic rings. The average molecular weight is 351 g/mol. The molecule has 4 rings (SSSR count). The summed E-state index contributed by atoms with van der Waals surface area (Å²) >= 11 is 0. The maximum atomic E-state index is 12.5. The van der Waals surface area contributed by atoms with E-state index in [9.17, 15) is 4.79 Å². The largest absolute Gasteiger partial charge is 0.445 e. The predicted octanol–water partition coefficient (Wildman–Crippen LogP) is 4.67. The highest BCUT2D eigenvalue weighted by Gasteiger charge is 2.49. The quantitative estimate of drug-likeness (QED) is 0.816. The number of quaternary nitrogens is 1. The molecule has 0 aliphatic carbocycles. The maximum absolute atomic E-state index is 12.5. The van der Waals surface area contributed by atoms with Crippen molar-refractivity contribution in [3.8, 4) is 11.1 Å². The number of hydrogen-bond acceptors (Lipinski definition) is 2. The Morgan fingerprint density at radius 2 is 1.58 bits per heavy atom. The molecule has 1 amide bonds. The van der Waals surface area contributed by atoms with Gasteiger partial charge < -0.3 is 9.22 Å². The van der Waals surface area contributed by atoms with Gasteiger partial charge in [-0.05, 0) is 11.6 Å². The Labute approximate surface area is 155 Å². The minimum absolute atomic E-state index is 0.0301. The van der Waals surface area contributed by atoms with Crippen LogP contribution < -0.4 is 5.32 Å². The summed E-state index contributed by atoms with van der Waals surface area (Å²) in [4.78, 5) is 12.5. The number of hydrogen-bond donors (Lipinski definition) is 1. The molecule has 136 valence electrons. The molecule has 0 saturated carbocycles. The molecular weight excluding hydrogens is 324 g/mol. The van der Waals surface area contributed by atoms with Crippen LogP contribution in [0.3, 0.4) is 0 Å². The molecule has 2 fully saturated rings. The minimum Gasteiger partial charge on any atom is -0.445 e. The van der Waals surface area contributed by atoms with Gasteiger partial charge in [0.1, 0.15) is 6.10 Å². The van der Waals surface area contributed by atoms with Crippen LogP contribution in [0.15, 0.2) is 54.6 Å². The standard InChI is InChI=1S/C22H26N2O2/c1-24(2)17-12-13-18(24)15-19(14-17)26-22(25)23-21-11-7-6-10-20(21)16-8-4-3-5-9-16/h3-11,17-19H,12-15H2,1-2H3/p+1/t17-,18+,19?. The highest BCUT2D eigenvalue weighted by molar-refractivity contribution is 5.91. The van der Waals surface area contributed by atoms with Crippen molar-refractivity contribution >= 4 is 11.8 Å². The summed E-state index contributed by atoms with van der Waals surface area (Å²) < 4.78 is 6.88. The topological polar surface area (TPSA) is 38.3 Å². The van der Waals surface area contributed by atoms with E-state index in [0.717, 1.165) is 34.1 Å². The van der Waals surface area contributed by atoms with Gasteiger partial charge in [-0.2, -0.15) is 0 Å². The third-order valence-electron chi connectivity index (χ3n) is 6.31. The van der Waals surface area contributed by atoms with Gasteiger partial charge in [0.05, 0.1) is 31.9 Å². The van der Waals surface area contributed by atoms with Crippen molar-refractivity contribution in [3.05, 3.63) is 54.6 Å². The third-order valence-corrected chi connectivity index (χ3v) is 6.31. The van der Waals surface area contributed by atoms with E-state index in [-0.39, 0.29) is 12.2 Å². The molecule has 26 heavy (non-hydrogen) atoms. The van der Waals surface area contributed by atoms with Gasteiger partial charge in [-0.1, -0.05) is 48.5 Å². The van der Waals surface area contributed by atoms with Crippen molar-refractivity contribution in [2.75, 3.05) is 19.4 Å². The molecule has 1 unspecified atom stereocenters. The lowest BCUT2D eigenvalue weighted by molar-refractivity contribution is -0.931. The van der Waals surface area contributed by atoms with Crippen molar-refractivity contribution < 1.29 is 14.0 Å². The number of carbonyl (C=O) groups excluding carboxylic acids is 1. The van der Waals surface area contributed by atoms with E-state index in [1.165, 1.54) is 12.8 Å². The lowest BCUT2D eigenvalue weighted by Crippen LogP contribution is -2.56. The summed E-state index contributed by atoms with van der Waals surface area (Å²) in [6, 6.07) is 19.2. The molecule has 3 atom stereocenters. The Hall–Kier alpha value is -2.33. The lowest BCUT2D eigenvalue weighted by Gasteiger charge is -2.43. The van der Waals surface area contributed by atoms with Gasteiger partial charge in [0.15, 0.2) is 0 Å². The van der Waals surface area contributed by atoms with E-state index in [2.05, 4.69) is 19.4 Å². The summed E-state index contributed by atoms with van der Waals surface area (Å²) in [6.45, 7) is 0. The second kappa shape index (κ2) is 6.76. The van der Waals surface area contributed by atoms with Crippen molar-refractivity contribution in [3.63, 3.8) is 0 Å². The van der Waals surface area contributed by atoms with Gasteiger partial charge in [-0.25, -0.2) is 4.79 Å². The third kappa shape index (κ3) is 3.21. The first-order valence-corrected chi connectivity index (χ1v) is 9.49. The van der Waals surface area contributed by atoms with E-state index in [0.29, 0.717) is 12.1 Å². The molecule has 4 nitrogen and oxygen atoms in total. The first kappa shape index (κ1) is 17.1. The number of piperidine rings is 1. The Morgan fingerprint density at radius 3 is 2.27 bits per heavy atom. The molecule has 0 spiro atoms. The number of para-hydroxylation sites is 1. The van der Waals surface area contributed by atoms with Crippen LogP contribution in [0.25, 0.3) is 11.1 Å². The number of ether oxygens (including phenoxy) is 1. The van der Waals surface area contributed by atoms with E-state index in [1.807, 2.05) is 54.6 Å². The Balaban J connectivity index is 1.44. The van der Waals surface area contributed by atoms with Crippen LogP contribution in [0.4, 0.5) is 10.5 Å². The summed E-state index contributed by atoms with van der Waals surface area (Å²) in [6.07, 6.45) is 4.12. The lowest BCUT2D eigenvalue weighted by atomic mass is 9.98. The smallest absolute Gasteiger partial charge is 0.411 e. The molecule has 2 aromatic carbocycles. The Bertz CT molecular complexity index is 772. The normalized spacial score (nSPS) is 26.3. The molecule has 0 radical (unpaired) electrons. The number of carbonyl (C=O) groups is 1. The van der Waals surface area contributed by atoms with Crippen LogP contribution >= 0.6 is 0 Å². The summed E-state index contributed by atoms with van der Waals surface area (Å²) in [5, 5.41) is 2.96. The van der Waals surface area contributed by atoms with Crippen LogP contribution in [-0.4, -0.2) is 42.9 Å². The number of anilines is 1. The van der Waals surface area contributed by atoms with Gasteiger partial charge in [0.25, 0.3) is 0 Å². The zero-order valence-corrected chi connectivity index (χ0v) is 15.5. The molecule has 2 aromatic rings. The number of rotatable bonds is 3. The van der Waals surface area contributed by atoms with E-state index in [1.54, 1.807) is 0 Å². The molecule has 4 heteroatoms. The van der Waals surface area contributed by atoms with Crippen molar-refractivity contribution in [2.45, 2.75) is 43.9 Å². The Morgan fingerprint density at radius 1 is 0.962 bits per heavy atom. The van der Waals surface area contributed by atoms with Gasteiger partial charge in [-0.3, -0.25) is 5.32 Å². The van der Waals surface area contributed by atoms with E-state index >= 15 is 0 Å². The minimum atomic E-state index is -0.343. The van der Waals surface area contributed by atoms with Crippen LogP contribution in [0.2, 0.25) is 0 Å². The molecule has 2 saturated heterocycles. The van der Waals surface area contributed by atoms with Crippen molar-refractivity contribution in [1.29, 1.82) is 0 Å². The number of benzene rings is 2. The maximum Gasteiger partial charge on any atom is 0.411 e. The van der Waals surface area contributed by atoms with Gasteiger partial charge in [-0.15, -0.1) is 0 Å². The van der Waals surface area contributed by atoms with Crippen molar-refractivity contribution in [2.24, 2.45) is 0 Å². The second-order valence-electron chi connectivity index (χ2n) is 8.05. The number of amides is 1. The summed E-state index contributed by atoms with van der Waals surface area (Å²) in [5.74, 6) is 0. The molecule has 0 aromatic heterocycles. The SMILES string of the molecule is C[N+]1(C)[C@@H]2CC[C@H]1CC(OC(=O)Nc1ccccc1-c1ccccc1)C2. The van der Waals surface area contributed by atoms with Gasteiger partial charge in [0, 0.05) is 31.2 Å². The predicted molar refractivity (Wildman–Crippen MR) is 104 cm³/mol. The monoisotopic (exact) mass is 351 g/mol. The van der Waals surface area contributed by atoms with E-state index < -0.39 is 0 Å². The highest BCUT2D eigenvalue weighted by Crippen LogP contribution is 2.40. The number of fused-ring (bicyclic) bond motifs is 2. The molecule has 2 heterocycles. The zero-order chi connectivity index (χ0) is 18.1. The van der Waals surface area contributed by atoms with Gasteiger partial charge in [0.2, 0.25) is 0 Å². The average Bonchev–Trinajstić information content (AvgIpc) is 2.80. The second-order valence-corrected chi connectivity index (χ2v) is 8.05. The number of nitrogens with one attached hydrogen (secondary N) is 1. The molecule has 2 bridgehead atoms. The first-order valence-electron chi connectivity index (χ1n) is 9.49. The van der Waals surface area contributed by atoms with Crippen LogP contribution in [-0.2, 0) is 4.74 Å². The number of nitrogens with zero attached hydrogens (tertiary/aromatic N) is 1. The molecular formula is C22H27N2O2+. The van der Waals surface area contributed by atoms with Crippen LogP contribution in [0, 0.1) is 0 Å². The van der Waals surface area contributed by atoms with Crippen LogP contribution in [0.5, 0.6) is 0 Å². The van der Waals surface area contributed by atoms with Crippen LogP contribution in [0.1, 0.15) is 25.7 Å². The van der Waals surface area contributed by atoms with Gasteiger partial charge >= 0.3 is 6.09 Å². The molecule has 1 N–H and O–H groups in total. The fourth-order valence-corrected chi connectivity index (χ4v) is 4.68. The molecule has 2 aliphatic heterocycles. The highest BCUT2D eigenvalue weighted by atomic mass is 16.6. The van der Waals surface area contributed by atoms with E-state index in [4.69, 9.17) is 4.74 Å². The first-order chi connectivity index (χ1) is 12.5. The fraction of sp³-hybridized carbons (Fsp3) is 0.409.